The number of rotatable bonds is 9. The SMILES string of the molecule is CC(C)CNc1cc(-c2cc(C#N)ccc2-c2nncn2C)cc(N2Cc3c(cc(CN(C)C4CC5(CC5)C4)cc3C(F)(F)F)C2=O)n1. The first-order valence-electron chi connectivity index (χ1n) is 16.2. The van der Waals surface area contributed by atoms with E-state index in [1.54, 1.807) is 41.2 Å². The van der Waals surface area contributed by atoms with Gasteiger partial charge >= 0.3 is 6.18 Å². The molecular weight excluding hydrogens is 617 g/mol. The molecule has 0 radical (unpaired) electrons. The van der Waals surface area contributed by atoms with Gasteiger partial charge in [-0.05, 0) is 109 Å². The minimum absolute atomic E-state index is 0.0466. The summed E-state index contributed by atoms with van der Waals surface area (Å²) in [6, 6.07) is 14.1. The van der Waals surface area contributed by atoms with E-state index in [2.05, 4.69) is 26.5 Å². The van der Waals surface area contributed by atoms with Crippen molar-refractivity contribution in [3.63, 3.8) is 0 Å². The monoisotopic (exact) mass is 654 g/mol. The maximum Gasteiger partial charge on any atom is 0.416 e. The van der Waals surface area contributed by atoms with Crippen molar-refractivity contribution in [1.82, 2.24) is 24.6 Å². The number of carbonyl (C=O) groups is 1. The molecule has 248 valence electrons. The molecule has 3 heterocycles. The molecule has 2 aromatic carbocycles. The van der Waals surface area contributed by atoms with Gasteiger partial charge in [0.15, 0.2) is 5.82 Å². The number of nitrogens with zero attached hydrogens (tertiary/aromatic N) is 7. The molecule has 1 aliphatic heterocycles. The third-order valence-electron chi connectivity index (χ3n) is 9.95. The zero-order chi connectivity index (χ0) is 34.0. The van der Waals surface area contributed by atoms with Gasteiger partial charge in [-0.1, -0.05) is 13.8 Å². The number of pyridine rings is 1. The van der Waals surface area contributed by atoms with Gasteiger partial charge in [-0.3, -0.25) is 14.6 Å². The Kier molecular flexibility index (Phi) is 7.78. The van der Waals surface area contributed by atoms with E-state index in [-0.39, 0.29) is 29.4 Å². The van der Waals surface area contributed by atoms with Crippen molar-refractivity contribution in [2.45, 2.75) is 64.8 Å². The van der Waals surface area contributed by atoms with Crippen LogP contribution in [0.3, 0.4) is 0 Å². The highest BCUT2D eigenvalue weighted by Crippen LogP contribution is 2.61. The Morgan fingerprint density at radius 3 is 2.52 bits per heavy atom. The van der Waals surface area contributed by atoms with Gasteiger partial charge in [-0.15, -0.1) is 10.2 Å². The van der Waals surface area contributed by atoms with Crippen LogP contribution in [0.1, 0.15) is 72.1 Å². The Hall–Kier alpha value is -4.76. The molecule has 1 N–H and O–H groups in total. The Labute approximate surface area is 277 Å². The van der Waals surface area contributed by atoms with Gasteiger partial charge in [0.2, 0.25) is 0 Å². The van der Waals surface area contributed by atoms with Crippen molar-refractivity contribution in [2.75, 3.05) is 23.8 Å². The van der Waals surface area contributed by atoms with E-state index in [4.69, 9.17) is 4.98 Å². The van der Waals surface area contributed by atoms with Gasteiger partial charge in [0.05, 0.1) is 23.7 Å². The number of amides is 1. The number of fused-ring (bicyclic) bond motifs is 1. The van der Waals surface area contributed by atoms with Crippen molar-refractivity contribution < 1.29 is 18.0 Å². The molecule has 2 fully saturated rings. The number of carbonyl (C=O) groups excluding carboxylic acids is 1. The Balaban J connectivity index is 1.28. The Bertz CT molecular complexity index is 1950. The molecule has 0 saturated heterocycles. The normalized spacial score (nSPS) is 16.8. The average Bonchev–Trinajstić information content (AvgIpc) is 3.63. The van der Waals surface area contributed by atoms with Gasteiger partial charge in [0.25, 0.3) is 5.91 Å². The molecule has 12 heteroatoms. The zero-order valence-corrected chi connectivity index (χ0v) is 27.4. The lowest BCUT2D eigenvalue weighted by molar-refractivity contribution is -0.138. The topological polar surface area (TPSA) is 103 Å². The van der Waals surface area contributed by atoms with Gasteiger partial charge in [-0.25, -0.2) is 4.98 Å². The van der Waals surface area contributed by atoms with E-state index < -0.39 is 17.6 Å². The predicted octanol–water partition coefficient (Wildman–Crippen LogP) is 7.04. The van der Waals surface area contributed by atoms with Gasteiger partial charge in [0, 0.05) is 37.3 Å². The largest absolute Gasteiger partial charge is 0.416 e. The summed E-state index contributed by atoms with van der Waals surface area (Å²) < 4.78 is 45.4. The Morgan fingerprint density at radius 1 is 1.10 bits per heavy atom. The summed E-state index contributed by atoms with van der Waals surface area (Å²) in [5, 5.41) is 21.3. The molecule has 2 saturated carbocycles. The highest BCUT2D eigenvalue weighted by Gasteiger charge is 2.53. The summed E-state index contributed by atoms with van der Waals surface area (Å²) in [4.78, 5) is 22.2. The van der Waals surface area contributed by atoms with Gasteiger partial charge in [0.1, 0.15) is 18.0 Å². The second kappa shape index (κ2) is 11.7. The molecule has 4 aromatic rings. The maximum absolute atomic E-state index is 14.6. The lowest BCUT2D eigenvalue weighted by Gasteiger charge is -2.42. The third kappa shape index (κ3) is 5.92. The third-order valence-corrected chi connectivity index (χ3v) is 9.95. The molecule has 1 spiro atoms. The fourth-order valence-corrected chi connectivity index (χ4v) is 7.03. The lowest BCUT2D eigenvalue weighted by Crippen LogP contribution is -2.43. The van der Waals surface area contributed by atoms with Crippen LogP contribution in [0.4, 0.5) is 24.8 Å². The summed E-state index contributed by atoms with van der Waals surface area (Å²) in [5.74, 6) is 0.976. The molecule has 2 aromatic heterocycles. The van der Waals surface area contributed by atoms with E-state index in [1.807, 2.05) is 34.0 Å². The number of aromatic nitrogens is 4. The van der Waals surface area contributed by atoms with Crippen molar-refractivity contribution in [3.05, 3.63) is 76.6 Å². The van der Waals surface area contributed by atoms with Crippen LogP contribution in [0.5, 0.6) is 0 Å². The highest BCUT2D eigenvalue weighted by molar-refractivity contribution is 6.10. The fraction of sp³-hybridized carbons (Fsp3) is 0.417. The lowest BCUT2D eigenvalue weighted by atomic mass is 9.76. The van der Waals surface area contributed by atoms with Crippen LogP contribution >= 0.6 is 0 Å². The highest BCUT2D eigenvalue weighted by atomic mass is 19.4. The second-order valence-electron chi connectivity index (χ2n) is 14.0. The molecule has 7 rings (SSSR count). The number of hydrogen-bond donors (Lipinski definition) is 1. The average molecular weight is 655 g/mol. The van der Waals surface area contributed by atoms with Crippen LogP contribution in [0, 0.1) is 22.7 Å². The molecular formula is C36H37F3N8O. The van der Waals surface area contributed by atoms with Crippen LogP contribution in [0.25, 0.3) is 22.5 Å². The molecule has 48 heavy (non-hydrogen) atoms. The van der Waals surface area contributed by atoms with E-state index in [0.717, 1.165) is 12.8 Å². The summed E-state index contributed by atoms with van der Waals surface area (Å²) >= 11 is 0. The quantitative estimate of drug-likeness (QED) is 0.207. The second-order valence-corrected chi connectivity index (χ2v) is 14.0. The van der Waals surface area contributed by atoms with Crippen LogP contribution in [-0.4, -0.2) is 50.2 Å². The molecule has 3 aliphatic rings. The fourth-order valence-electron chi connectivity index (χ4n) is 7.03. The number of nitrogens with one attached hydrogen (secondary N) is 1. The maximum atomic E-state index is 14.6. The van der Waals surface area contributed by atoms with Crippen LogP contribution < -0.4 is 10.2 Å². The van der Waals surface area contributed by atoms with E-state index >= 15 is 0 Å². The molecule has 2 aliphatic carbocycles. The number of alkyl halides is 3. The van der Waals surface area contributed by atoms with Gasteiger partial charge in [-0.2, -0.15) is 18.4 Å². The minimum Gasteiger partial charge on any atom is -0.370 e. The predicted molar refractivity (Wildman–Crippen MR) is 176 cm³/mol. The number of benzene rings is 2. The summed E-state index contributed by atoms with van der Waals surface area (Å²) in [6.45, 7) is 4.74. The van der Waals surface area contributed by atoms with Crippen LogP contribution in [0.2, 0.25) is 0 Å². The first-order chi connectivity index (χ1) is 22.8. The molecule has 0 bridgehead atoms. The van der Waals surface area contributed by atoms with Crippen molar-refractivity contribution >= 4 is 17.5 Å². The first-order valence-corrected chi connectivity index (χ1v) is 16.2. The molecule has 0 unspecified atom stereocenters. The van der Waals surface area contributed by atoms with E-state index in [1.165, 1.54) is 23.8 Å². The summed E-state index contributed by atoms with van der Waals surface area (Å²) in [5.41, 5.74) is 2.55. The number of halogens is 3. The zero-order valence-electron chi connectivity index (χ0n) is 27.4. The van der Waals surface area contributed by atoms with E-state index in [0.29, 0.717) is 64.0 Å². The standard InChI is InChI=1S/C36H37F3N8O/c1-21(2)17-41-31-12-24(27-9-22(16-40)5-6-26(27)33-44-42-20-46(33)4)13-32(43-31)47-19-29-28(34(47)48)10-23(11-30(29)36(37,38)39)18-45(3)25-14-35(15-25)7-8-35/h5-6,9-13,20-21,25H,7-8,14-15,17-19H2,1-4H3,(H,41,43). The van der Waals surface area contributed by atoms with Crippen molar-refractivity contribution in [2.24, 2.45) is 18.4 Å². The van der Waals surface area contributed by atoms with Crippen molar-refractivity contribution in [1.29, 1.82) is 5.26 Å². The number of anilines is 2. The van der Waals surface area contributed by atoms with E-state index in [9.17, 15) is 23.2 Å². The van der Waals surface area contributed by atoms with Crippen LogP contribution in [-0.2, 0) is 26.3 Å². The minimum atomic E-state index is -4.63. The summed E-state index contributed by atoms with van der Waals surface area (Å²) in [7, 11) is 3.76. The first kappa shape index (κ1) is 31.8. The van der Waals surface area contributed by atoms with Crippen molar-refractivity contribution in [3.8, 4) is 28.6 Å². The molecule has 0 atom stereocenters. The Morgan fingerprint density at radius 2 is 1.88 bits per heavy atom. The molecule has 9 nitrogen and oxygen atoms in total. The van der Waals surface area contributed by atoms with Crippen LogP contribution in [0.15, 0.2) is 48.8 Å². The smallest absolute Gasteiger partial charge is 0.370 e. The van der Waals surface area contributed by atoms with Gasteiger partial charge < -0.3 is 9.88 Å². The summed E-state index contributed by atoms with van der Waals surface area (Å²) in [6.07, 6.45) is 1.59. The molecule has 1 amide bonds. The number of aryl methyl sites for hydroxylation is 1. The number of hydrogen-bond acceptors (Lipinski definition) is 7. The number of nitriles is 1.